The third kappa shape index (κ3) is 6.30. The van der Waals surface area contributed by atoms with Crippen LogP contribution in [0, 0.1) is 5.41 Å². The summed E-state index contributed by atoms with van der Waals surface area (Å²) in [5, 5.41) is 11.6. The van der Waals surface area contributed by atoms with E-state index < -0.39 is 16.1 Å². The van der Waals surface area contributed by atoms with Gasteiger partial charge < -0.3 is 16.8 Å². The highest BCUT2D eigenvalue weighted by Gasteiger charge is 2.25. The smallest absolute Gasteiger partial charge is 0.241 e. The fourth-order valence-corrected chi connectivity index (χ4v) is 6.10. The number of nitrogens with one attached hydrogen (secondary N) is 3. The summed E-state index contributed by atoms with van der Waals surface area (Å²) in [5.41, 5.74) is 14.3. The number of nitrogen functional groups attached to an aromatic ring is 1. The number of nitrogens with zero attached hydrogens (tertiary/aromatic N) is 1. The summed E-state index contributed by atoms with van der Waals surface area (Å²) in [6.07, 6.45) is 0.359. The van der Waals surface area contributed by atoms with Gasteiger partial charge in [-0.1, -0.05) is 42.5 Å². The Kier molecular flexibility index (Phi) is 7.89. The van der Waals surface area contributed by atoms with Gasteiger partial charge in [0.05, 0.1) is 21.2 Å². The van der Waals surface area contributed by atoms with E-state index in [2.05, 4.69) is 10.0 Å². The number of thiazole rings is 1. The second-order valence-corrected chi connectivity index (χ2v) is 10.9. The van der Waals surface area contributed by atoms with E-state index in [0.717, 1.165) is 21.3 Å². The summed E-state index contributed by atoms with van der Waals surface area (Å²) >= 11 is 1.46. The monoisotopic (exact) mass is 508 g/mol. The minimum Gasteiger partial charge on any atom is -0.384 e. The zero-order valence-electron chi connectivity index (χ0n) is 19.1. The van der Waals surface area contributed by atoms with Crippen LogP contribution in [0.4, 0.5) is 0 Å². The molecular weight excluding hydrogens is 480 g/mol. The minimum absolute atomic E-state index is 0.0379. The number of aromatic nitrogens is 1. The van der Waals surface area contributed by atoms with Crippen LogP contribution in [0.5, 0.6) is 0 Å². The number of hydrogen-bond donors (Lipinski definition) is 5. The van der Waals surface area contributed by atoms with E-state index in [9.17, 15) is 8.42 Å². The lowest BCUT2D eigenvalue weighted by atomic mass is 10.0. The van der Waals surface area contributed by atoms with Crippen LogP contribution in [0.2, 0.25) is 0 Å². The van der Waals surface area contributed by atoms with E-state index >= 15 is 0 Å². The standard InChI is InChI=1S/C25H28N6O2S2/c26-11-12-29-16-18-6-4-8-20(14-18)35(32,33)31-22(15-17-5-3-7-19(13-17)24(27)28)25-30-21-9-1-2-10-23(21)34-25/h1-10,13-14,22,29,31H,11-12,15-16,26H2,(H3,27,28). The molecule has 0 amide bonds. The number of sulfonamides is 1. The lowest BCUT2D eigenvalue weighted by Crippen LogP contribution is -2.30. The molecule has 0 aliphatic rings. The fraction of sp³-hybridized carbons (Fsp3) is 0.200. The zero-order chi connectivity index (χ0) is 24.8. The maximum absolute atomic E-state index is 13.4. The zero-order valence-corrected chi connectivity index (χ0v) is 20.7. The Labute approximate surface area is 209 Å². The highest BCUT2D eigenvalue weighted by Crippen LogP contribution is 2.30. The van der Waals surface area contributed by atoms with Gasteiger partial charge >= 0.3 is 0 Å². The Bertz CT molecular complexity index is 1400. The lowest BCUT2D eigenvalue weighted by molar-refractivity contribution is 0.554. The molecule has 8 nitrogen and oxygen atoms in total. The summed E-state index contributed by atoms with van der Waals surface area (Å²) in [5.74, 6) is -0.0379. The molecule has 1 aromatic heterocycles. The van der Waals surface area contributed by atoms with Crippen LogP contribution < -0.4 is 21.5 Å². The first-order chi connectivity index (χ1) is 16.9. The first kappa shape index (κ1) is 25.0. The van der Waals surface area contributed by atoms with Crippen LogP contribution in [-0.2, 0) is 23.0 Å². The maximum atomic E-state index is 13.4. The van der Waals surface area contributed by atoms with Crippen molar-refractivity contribution in [3.05, 3.63) is 94.5 Å². The number of rotatable bonds is 11. The van der Waals surface area contributed by atoms with Crippen LogP contribution in [0.25, 0.3) is 10.2 Å². The summed E-state index contributed by atoms with van der Waals surface area (Å²) in [7, 11) is -3.85. The molecule has 0 saturated heterocycles. The van der Waals surface area contributed by atoms with E-state index in [4.69, 9.17) is 21.9 Å². The largest absolute Gasteiger partial charge is 0.384 e. The average Bonchev–Trinajstić information content (AvgIpc) is 3.29. The average molecular weight is 509 g/mol. The first-order valence-corrected chi connectivity index (χ1v) is 13.5. The molecule has 7 N–H and O–H groups in total. The van der Waals surface area contributed by atoms with Gasteiger partial charge in [0, 0.05) is 25.2 Å². The van der Waals surface area contributed by atoms with Crippen LogP contribution in [0.15, 0.2) is 77.7 Å². The van der Waals surface area contributed by atoms with Crippen LogP contribution in [0.3, 0.4) is 0 Å². The number of hydrogen-bond acceptors (Lipinski definition) is 7. The predicted molar refractivity (Wildman–Crippen MR) is 141 cm³/mol. The molecule has 10 heteroatoms. The molecule has 4 aromatic rings. The second-order valence-electron chi connectivity index (χ2n) is 8.12. The second kappa shape index (κ2) is 11.1. The lowest BCUT2D eigenvalue weighted by Gasteiger charge is -2.18. The fourth-order valence-electron chi connectivity index (χ4n) is 3.73. The van der Waals surface area contributed by atoms with Crippen LogP contribution in [0.1, 0.15) is 27.7 Å². The van der Waals surface area contributed by atoms with Crippen molar-refractivity contribution >= 4 is 37.4 Å². The molecule has 3 aromatic carbocycles. The Balaban J connectivity index is 1.66. The molecule has 35 heavy (non-hydrogen) atoms. The van der Waals surface area contributed by atoms with Gasteiger partial charge in [0.2, 0.25) is 10.0 Å². The van der Waals surface area contributed by atoms with Crippen molar-refractivity contribution in [2.45, 2.75) is 23.9 Å². The highest BCUT2D eigenvalue weighted by molar-refractivity contribution is 7.89. The summed E-state index contributed by atoms with van der Waals surface area (Å²) < 4.78 is 30.8. The van der Waals surface area contributed by atoms with Crippen molar-refractivity contribution < 1.29 is 8.42 Å². The molecule has 4 rings (SSSR count). The minimum atomic E-state index is -3.85. The molecule has 0 aliphatic carbocycles. The molecule has 0 spiro atoms. The molecule has 1 atom stereocenters. The van der Waals surface area contributed by atoms with Crippen LogP contribution >= 0.6 is 11.3 Å². The van der Waals surface area contributed by atoms with Gasteiger partial charge in [-0.2, -0.15) is 0 Å². The number of amidine groups is 1. The first-order valence-electron chi connectivity index (χ1n) is 11.2. The predicted octanol–water partition coefficient (Wildman–Crippen LogP) is 2.89. The molecule has 1 unspecified atom stereocenters. The van der Waals surface area contributed by atoms with Gasteiger partial charge in [0.25, 0.3) is 0 Å². The van der Waals surface area contributed by atoms with Crippen molar-refractivity contribution in [3.63, 3.8) is 0 Å². The molecule has 0 bridgehead atoms. The van der Waals surface area contributed by atoms with E-state index in [-0.39, 0.29) is 10.7 Å². The molecular formula is C25H28N6O2S2. The molecule has 0 radical (unpaired) electrons. The van der Waals surface area contributed by atoms with Gasteiger partial charge in [-0.05, 0) is 47.9 Å². The SMILES string of the molecule is N=C(N)c1cccc(CC(NS(=O)(=O)c2cccc(CNCCN)c2)c2nc3ccccc3s2)c1. The molecule has 0 fully saturated rings. The van der Waals surface area contributed by atoms with E-state index in [1.807, 2.05) is 42.5 Å². The number of fused-ring (bicyclic) bond motifs is 1. The Morgan fingerprint density at radius 1 is 1.03 bits per heavy atom. The van der Waals surface area contributed by atoms with Gasteiger partial charge in [-0.3, -0.25) is 5.41 Å². The number of nitrogens with two attached hydrogens (primary N) is 2. The van der Waals surface area contributed by atoms with Crippen molar-refractivity contribution in [2.24, 2.45) is 11.5 Å². The molecule has 1 heterocycles. The number of para-hydroxylation sites is 1. The van der Waals surface area contributed by atoms with Crippen molar-refractivity contribution in [1.82, 2.24) is 15.0 Å². The van der Waals surface area contributed by atoms with Crippen LogP contribution in [-0.4, -0.2) is 32.3 Å². The number of benzene rings is 3. The summed E-state index contributed by atoms with van der Waals surface area (Å²) in [6, 6.07) is 21.3. The van der Waals surface area contributed by atoms with Gasteiger partial charge in [-0.15, -0.1) is 11.3 Å². The van der Waals surface area contributed by atoms with E-state index in [1.165, 1.54) is 11.3 Å². The molecule has 182 valence electrons. The Morgan fingerprint density at radius 2 is 1.80 bits per heavy atom. The normalized spacial score (nSPS) is 12.6. The van der Waals surface area contributed by atoms with Gasteiger partial charge in [0.1, 0.15) is 10.8 Å². The van der Waals surface area contributed by atoms with Crippen molar-refractivity contribution in [2.75, 3.05) is 13.1 Å². The molecule has 0 saturated carbocycles. The maximum Gasteiger partial charge on any atom is 0.241 e. The summed E-state index contributed by atoms with van der Waals surface area (Å²) in [4.78, 5) is 4.90. The van der Waals surface area contributed by atoms with Gasteiger partial charge in [0.15, 0.2) is 0 Å². The topological polar surface area (TPSA) is 147 Å². The van der Waals surface area contributed by atoms with Crippen molar-refractivity contribution in [1.29, 1.82) is 5.41 Å². The third-order valence-corrected chi connectivity index (χ3v) is 8.06. The highest BCUT2D eigenvalue weighted by atomic mass is 32.2. The summed E-state index contributed by atoms with van der Waals surface area (Å²) in [6.45, 7) is 1.68. The van der Waals surface area contributed by atoms with E-state index in [0.29, 0.717) is 36.6 Å². The van der Waals surface area contributed by atoms with Gasteiger partial charge in [-0.25, -0.2) is 18.1 Å². The quantitative estimate of drug-likeness (QED) is 0.120. The Morgan fingerprint density at radius 3 is 2.57 bits per heavy atom. The van der Waals surface area contributed by atoms with E-state index in [1.54, 1.807) is 30.3 Å². The third-order valence-electron chi connectivity index (χ3n) is 5.44. The van der Waals surface area contributed by atoms with Crippen molar-refractivity contribution in [3.8, 4) is 0 Å². The Hall–Kier alpha value is -3.15. The molecule has 0 aliphatic heterocycles.